The van der Waals surface area contributed by atoms with Gasteiger partial charge in [-0.3, -0.25) is 0 Å². The Bertz CT molecular complexity index is 259. The Balaban J connectivity index is 2.70. The van der Waals surface area contributed by atoms with E-state index < -0.39 is 6.61 Å². The van der Waals surface area contributed by atoms with Gasteiger partial charge in [0.25, 0.3) is 0 Å². The molecule has 13 heavy (non-hydrogen) atoms. The molecule has 0 aliphatic heterocycles. The van der Waals surface area contributed by atoms with Gasteiger partial charge in [-0.25, -0.2) is 0 Å². The molecule has 0 heterocycles. The van der Waals surface area contributed by atoms with Crippen LogP contribution in [0.2, 0.25) is 0 Å². The van der Waals surface area contributed by atoms with Gasteiger partial charge in [0.05, 0.1) is 0 Å². The molecule has 72 valence electrons. The van der Waals surface area contributed by atoms with Crippen LogP contribution in [-0.4, -0.2) is 6.61 Å². The summed E-state index contributed by atoms with van der Waals surface area (Å²) < 4.78 is 27.7. The molecule has 1 atom stereocenters. The van der Waals surface area contributed by atoms with Gasteiger partial charge in [0, 0.05) is 4.83 Å². The summed E-state index contributed by atoms with van der Waals surface area (Å²) in [5.41, 5.74) is 1.03. The van der Waals surface area contributed by atoms with E-state index in [4.69, 9.17) is 0 Å². The summed E-state index contributed by atoms with van der Waals surface area (Å²) in [6, 6.07) is 6.55. The van der Waals surface area contributed by atoms with Gasteiger partial charge in [-0.1, -0.05) is 28.1 Å². The van der Waals surface area contributed by atoms with Gasteiger partial charge in [0.2, 0.25) is 0 Å². The Morgan fingerprint density at radius 1 is 1.23 bits per heavy atom. The zero-order valence-corrected chi connectivity index (χ0v) is 8.59. The lowest BCUT2D eigenvalue weighted by atomic mass is 10.2. The Morgan fingerprint density at radius 3 is 2.15 bits per heavy atom. The van der Waals surface area contributed by atoms with Crippen molar-refractivity contribution in [3.05, 3.63) is 29.8 Å². The number of alkyl halides is 3. The Hall–Kier alpha value is -0.640. The van der Waals surface area contributed by atoms with Crippen molar-refractivity contribution in [2.24, 2.45) is 0 Å². The van der Waals surface area contributed by atoms with Crippen LogP contribution in [0.3, 0.4) is 0 Å². The van der Waals surface area contributed by atoms with Crippen LogP contribution in [0.4, 0.5) is 8.78 Å². The maximum absolute atomic E-state index is 11.7. The molecule has 1 rings (SSSR count). The van der Waals surface area contributed by atoms with E-state index in [1.165, 1.54) is 12.1 Å². The second-order valence-electron chi connectivity index (χ2n) is 2.56. The van der Waals surface area contributed by atoms with Gasteiger partial charge < -0.3 is 4.74 Å². The summed E-state index contributed by atoms with van der Waals surface area (Å²) in [4.78, 5) is 0.216. The predicted octanol–water partition coefficient (Wildman–Crippen LogP) is 3.74. The third kappa shape index (κ3) is 3.30. The van der Waals surface area contributed by atoms with E-state index in [0.29, 0.717) is 0 Å². The fraction of sp³-hybridized carbons (Fsp3) is 0.333. The molecule has 0 aliphatic carbocycles. The third-order valence-electron chi connectivity index (χ3n) is 1.56. The third-order valence-corrected chi connectivity index (χ3v) is 2.09. The molecule has 4 heteroatoms. The highest BCUT2D eigenvalue weighted by Crippen LogP contribution is 2.24. The molecule has 0 aromatic heterocycles. The number of ether oxygens (including phenoxy) is 1. The lowest BCUT2D eigenvalue weighted by Crippen LogP contribution is -2.01. The number of benzene rings is 1. The van der Waals surface area contributed by atoms with Gasteiger partial charge in [0.15, 0.2) is 0 Å². The summed E-state index contributed by atoms with van der Waals surface area (Å²) >= 11 is 3.37. The van der Waals surface area contributed by atoms with Crippen molar-refractivity contribution >= 4 is 15.9 Å². The number of hydrogen-bond donors (Lipinski definition) is 0. The Morgan fingerprint density at radius 2 is 1.77 bits per heavy atom. The van der Waals surface area contributed by atoms with Crippen LogP contribution in [-0.2, 0) is 0 Å². The van der Waals surface area contributed by atoms with Crippen LogP contribution in [0.5, 0.6) is 5.75 Å². The minimum absolute atomic E-state index is 0.187. The van der Waals surface area contributed by atoms with E-state index >= 15 is 0 Å². The first kappa shape index (κ1) is 10.4. The molecule has 0 amide bonds. The number of halogens is 3. The molecule has 1 aromatic carbocycles. The molecule has 1 nitrogen and oxygen atoms in total. The highest BCUT2D eigenvalue weighted by molar-refractivity contribution is 9.09. The smallest absolute Gasteiger partial charge is 0.387 e. The first-order valence-electron chi connectivity index (χ1n) is 3.78. The summed E-state index contributed by atoms with van der Waals surface area (Å²) in [6.07, 6.45) is 0. The van der Waals surface area contributed by atoms with Crippen molar-refractivity contribution < 1.29 is 13.5 Å². The standard InChI is InChI=1S/C9H9BrF2O/c1-6(10)7-2-4-8(5-3-7)13-9(11)12/h2-6,9H,1H3. The molecule has 0 spiro atoms. The summed E-state index contributed by atoms with van der Waals surface area (Å²) in [5.74, 6) is 0.187. The van der Waals surface area contributed by atoms with Crippen LogP contribution in [0.1, 0.15) is 17.3 Å². The minimum Gasteiger partial charge on any atom is -0.435 e. The topological polar surface area (TPSA) is 9.23 Å². The van der Waals surface area contributed by atoms with Gasteiger partial charge in [-0.05, 0) is 24.6 Å². The lowest BCUT2D eigenvalue weighted by molar-refractivity contribution is -0.0498. The maximum Gasteiger partial charge on any atom is 0.387 e. The molecule has 0 fully saturated rings. The molecule has 0 radical (unpaired) electrons. The minimum atomic E-state index is -2.76. The van der Waals surface area contributed by atoms with Gasteiger partial charge in [-0.2, -0.15) is 8.78 Å². The van der Waals surface area contributed by atoms with E-state index in [-0.39, 0.29) is 10.6 Å². The van der Waals surface area contributed by atoms with Crippen LogP contribution in [0, 0.1) is 0 Å². The summed E-state index contributed by atoms with van der Waals surface area (Å²) in [6.45, 7) is -0.796. The second-order valence-corrected chi connectivity index (χ2v) is 3.94. The molecular formula is C9H9BrF2O. The molecule has 0 saturated carbocycles. The Labute approximate surface area is 83.8 Å². The van der Waals surface area contributed by atoms with E-state index in [9.17, 15) is 8.78 Å². The van der Waals surface area contributed by atoms with E-state index in [1.54, 1.807) is 12.1 Å². The molecule has 0 bridgehead atoms. The average Bonchev–Trinajstić information content (AvgIpc) is 2.04. The summed E-state index contributed by atoms with van der Waals surface area (Å²) in [5, 5.41) is 0. The second kappa shape index (κ2) is 4.56. The van der Waals surface area contributed by atoms with E-state index in [0.717, 1.165) is 5.56 Å². The van der Waals surface area contributed by atoms with E-state index in [2.05, 4.69) is 20.7 Å². The molecule has 0 N–H and O–H groups in total. The number of hydrogen-bond acceptors (Lipinski definition) is 1. The molecule has 1 aromatic rings. The monoisotopic (exact) mass is 250 g/mol. The highest BCUT2D eigenvalue weighted by Gasteiger charge is 2.04. The molecule has 0 aliphatic rings. The largest absolute Gasteiger partial charge is 0.435 e. The zero-order chi connectivity index (χ0) is 9.84. The molecule has 0 saturated heterocycles. The maximum atomic E-state index is 11.7. The van der Waals surface area contributed by atoms with Gasteiger partial charge in [-0.15, -0.1) is 0 Å². The van der Waals surface area contributed by atoms with Crippen molar-refractivity contribution in [3.63, 3.8) is 0 Å². The quantitative estimate of drug-likeness (QED) is 0.743. The average molecular weight is 251 g/mol. The summed E-state index contributed by atoms with van der Waals surface area (Å²) in [7, 11) is 0. The van der Waals surface area contributed by atoms with Crippen LogP contribution < -0.4 is 4.74 Å². The normalized spacial score (nSPS) is 13.0. The fourth-order valence-electron chi connectivity index (χ4n) is 0.914. The van der Waals surface area contributed by atoms with Crippen LogP contribution >= 0.6 is 15.9 Å². The number of rotatable bonds is 3. The van der Waals surface area contributed by atoms with Crippen LogP contribution in [0.15, 0.2) is 24.3 Å². The Kier molecular flexibility index (Phi) is 3.66. The first-order chi connectivity index (χ1) is 6.09. The predicted molar refractivity (Wildman–Crippen MR) is 50.4 cm³/mol. The van der Waals surface area contributed by atoms with Crippen molar-refractivity contribution in [2.75, 3.05) is 0 Å². The zero-order valence-electron chi connectivity index (χ0n) is 7.01. The van der Waals surface area contributed by atoms with Crippen LogP contribution in [0.25, 0.3) is 0 Å². The van der Waals surface area contributed by atoms with Gasteiger partial charge >= 0.3 is 6.61 Å². The fourth-order valence-corrected chi connectivity index (χ4v) is 1.22. The highest BCUT2D eigenvalue weighted by atomic mass is 79.9. The lowest BCUT2D eigenvalue weighted by Gasteiger charge is -2.06. The van der Waals surface area contributed by atoms with Crippen molar-refractivity contribution in [1.29, 1.82) is 0 Å². The molecular weight excluding hydrogens is 242 g/mol. The van der Waals surface area contributed by atoms with E-state index in [1.807, 2.05) is 6.92 Å². The first-order valence-corrected chi connectivity index (χ1v) is 4.70. The van der Waals surface area contributed by atoms with Crippen molar-refractivity contribution in [1.82, 2.24) is 0 Å². The molecule has 1 unspecified atom stereocenters. The van der Waals surface area contributed by atoms with Crippen molar-refractivity contribution in [3.8, 4) is 5.75 Å². The SMILES string of the molecule is CC(Br)c1ccc(OC(F)F)cc1. The van der Waals surface area contributed by atoms with Gasteiger partial charge in [0.1, 0.15) is 5.75 Å². The van der Waals surface area contributed by atoms with Crippen molar-refractivity contribution in [2.45, 2.75) is 18.4 Å².